The molecule has 0 saturated carbocycles. The lowest BCUT2D eigenvalue weighted by atomic mass is 10.1. The maximum absolute atomic E-state index is 5.44. The van der Waals surface area contributed by atoms with E-state index >= 15 is 0 Å². The molecular formula is C23H22BrClN2O2. The SMILES string of the molecule is COc1cc(Br)c(CCNc2c3ccccc3nc3ccccc23)cc1OC.Cl. The van der Waals surface area contributed by atoms with E-state index in [9.17, 15) is 0 Å². The molecule has 0 atom stereocenters. The van der Waals surface area contributed by atoms with Crippen LogP contribution in [0.25, 0.3) is 21.8 Å². The van der Waals surface area contributed by atoms with Crippen LogP contribution >= 0.6 is 28.3 Å². The zero-order valence-corrected chi connectivity index (χ0v) is 18.6. The first kappa shape index (κ1) is 21.2. The molecule has 4 rings (SSSR count). The van der Waals surface area contributed by atoms with E-state index in [0.717, 1.165) is 62.0 Å². The van der Waals surface area contributed by atoms with Crippen LogP contribution in [0.4, 0.5) is 5.69 Å². The van der Waals surface area contributed by atoms with Crippen LogP contribution < -0.4 is 14.8 Å². The summed E-state index contributed by atoms with van der Waals surface area (Å²) < 4.78 is 11.8. The Kier molecular flexibility index (Phi) is 6.83. The number of nitrogens with zero attached hydrogens (tertiary/aromatic N) is 1. The summed E-state index contributed by atoms with van der Waals surface area (Å²) in [5.41, 5.74) is 4.28. The number of benzene rings is 3. The number of ether oxygens (including phenoxy) is 2. The molecular weight excluding hydrogens is 452 g/mol. The van der Waals surface area contributed by atoms with Crippen LogP contribution in [0, 0.1) is 0 Å². The summed E-state index contributed by atoms with van der Waals surface area (Å²) in [4.78, 5) is 4.78. The Morgan fingerprint density at radius 1 is 0.862 bits per heavy atom. The molecule has 0 radical (unpaired) electrons. The normalized spacial score (nSPS) is 10.6. The molecule has 0 saturated heterocycles. The van der Waals surface area contributed by atoms with Gasteiger partial charge in [0.1, 0.15) is 0 Å². The number of para-hydroxylation sites is 2. The molecule has 4 aromatic rings. The highest BCUT2D eigenvalue weighted by atomic mass is 79.9. The van der Waals surface area contributed by atoms with Crippen LogP contribution in [0.2, 0.25) is 0 Å². The Morgan fingerprint density at radius 2 is 1.41 bits per heavy atom. The second-order valence-electron chi connectivity index (χ2n) is 6.50. The fourth-order valence-corrected chi connectivity index (χ4v) is 3.96. The lowest BCUT2D eigenvalue weighted by Gasteiger charge is -2.15. The maximum Gasteiger partial charge on any atom is 0.161 e. The highest BCUT2D eigenvalue weighted by Crippen LogP contribution is 2.34. The Labute approximate surface area is 184 Å². The topological polar surface area (TPSA) is 43.4 Å². The van der Waals surface area contributed by atoms with E-state index in [4.69, 9.17) is 14.5 Å². The number of hydrogen-bond acceptors (Lipinski definition) is 4. The summed E-state index contributed by atoms with van der Waals surface area (Å²) in [6, 6.07) is 20.5. The average molecular weight is 474 g/mol. The molecule has 0 spiro atoms. The number of aromatic nitrogens is 1. The van der Waals surface area contributed by atoms with E-state index in [1.807, 2.05) is 24.3 Å². The minimum atomic E-state index is 0. The first-order valence-corrected chi connectivity index (χ1v) is 9.92. The van der Waals surface area contributed by atoms with Gasteiger partial charge in [-0.15, -0.1) is 12.4 Å². The molecule has 29 heavy (non-hydrogen) atoms. The number of pyridine rings is 1. The van der Waals surface area contributed by atoms with Gasteiger partial charge in [0.25, 0.3) is 0 Å². The molecule has 0 aliphatic rings. The van der Waals surface area contributed by atoms with Crippen molar-refractivity contribution in [2.24, 2.45) is 0 Å². The van der Waals surface area contributed by atoms with Crippen molar-refractivity contribution >= 4 is 55.8 Å². The average Bonchev–Trinajstić information content (AvgIpc) is 2.73. The van der Waals surface area contributed by atoms with E-state index in [0.29, 0.717) is 0 Å². The van der Waals surface area contributed by atoms with Crippen molar-refractivity contribution in [1.29, 1.82) is 0 Å². The molecule has 0 amide bonds. The highest BCUT2D eigenvalue weighted by Gasteiger charge is 2.11. The lowest BCUT2D eigenvalue weighted by molar-refractivity contribution is 0.354. The minimum absolute atomic E-state index is 0. The molecule has 1 heterocycles. The molecule has 0 fully saturated rings. The van der Waals surface area contributed by atoms with Crippen LogP contribution in [0.3, 0.4) is 0 Å². The molecule has 0 unspecified atom stereocenters. The highest BCUT2D eigenvalue weighted by molar-refractivity contribution is 9.10. The molecule has 3 aromatic carbocycles. The van der Waals surface area contributed by atoms with Gasteiger partial charge in [-0.1, -0.05) is 52.3 Å². The molecule has 6 heteroatoms. The number of fused-ring (bicyclic) bond motifs is 2. The second kappa shape index (κ2) is 9.33. The summed E-state index contributed by atoms with van der Waals surface area (Å²) in [5, 5.41) is 5.90. The van der Waals surface area contributed by atoms with E-state index in [2.05, 4.69) is 57.6 Å². The van der Waals surface area contributed by atoms with Crippen molar-refractivity contribution in [3.05, 3.63) is 70.7 Å². The number of nitrogens with one attached hydrogen (secondary N) is 1. The molecule has 0 bridgehead atoms. The summed E-state index contributed by atoms with van der Waals surface area (Å²) in [5.74, 6) is 1.46. The van der Waals surface area contributed by atoms with Gasteiger partial charge in [-0.05, 0) is 36.2 Å². The fraction of sp³-hybridized carbons (Fsp3) is 0.174. The van der Waals surface area contributed by atoms with Crippen LogP contribution in [-0.2, 0) is 6.42 Å². The van der Waals surface area contributed by atoms with Gasteiger partial charge in [-0.2, -0.15) is 0 Å². The Hall–Kier alpha value is -2.50. The predicted octanol–water partition coefficient (Wildman–Crippen LogP) is 6.24. The van der Waals surface area contributed by atoms with Crippen molar-refractivity contribution in [1.82, 2.24) is 4.98 Å². The van der Waals surface area contributed by atoms with Crippen molar-refractivity contribution in [3.8, 4) is 11.5 Å². The van der Waals surface area contributed by atoms with Crippen molar-refractivity contribution in [2.75, 3.05) is 26.1 Å². The van der Waals surface area contributed by atoms with Gasteiger partial charge >= 0.3 is 0 Å². The van der Waals surface area contributed by atoms with E-state index in [1.165, 1.54) is 0 Å². The number of anilines is 1. The smallest absolute Gasteiger partial charge is 0.161 e. The van der Waals surface area contributed by atoms with Gasteiger partial charge in [0, 0.05) is 21.8 Å². The molecule has 4 nitrogen and oxygen atoms in total. The Balaban J connectivity index is 0.00000240. The third kappa shape index (κ3) is 4.26. The molecule has 150 valence electrons. The van der Waals surface area contributed by atoms with Gasteiger partial charge in [0.15, 0.2) is 11.5 Å². The van der Waals surface area contributed by atoms with Gasteiger partial charge in [-0.3, -0.25) is 0 Å². The van der Waals surface area contributed by atoms with Gasteiger partial charge in [0.05, 0.1) is 30.9 Å². The van der Waals surface area contributed by atoms with Gasteiger partial charge in [0.2, 0.25) is 0 Å². The maximum atomic E-state index is 5.44. The number of methoxy groups -OCH3 is 2. The fourth-order valence-electron chi connectivity index (χ4n) is 3.44. The summed E-state index contributed by atoms with van der Waals surface area (Å²) >= 11 is 3.64. The quantitative estimate of drug-likeness (QED) is 0.336. The van der Waals surface area contributed by atoms with Gasteiger partial charge < -0.3 is 14.8 Å². The first-order chi connectivity index (χ1) is 13.7. The molecule has 1 N–H and O–H groups in total. The summed E-state index contributed by atoms with van der Waals surface area (Å²) in [7, 11) is 3.30. The van der Waals surface area contributed by atoms with Crippen LogP contribution in [-0.4, -0.2) is 25.7 Å². The molecule has 0 aliphatic heterocycles. The minimum Gasteiger partial charge on any atom is -0.493 e. The van der Waals surface area contributed by atoms with Crippen molar-refractivity contribution in [3.63, 3.8) is 0 Å². The zero-order chi connectivity index (χ0) is 19.5. The molecule has 1 aromatic heterocycles. The molecule has 0 aliphatic carbocycles. The van der Waals surface area contributed by atoms with Crippen LogP contribution in [0.15, 0.2) is 65.1 Å². The van der Waals surface area contributed by atoms with Gasteiger partial charge in [-0.25, -0.2) is 4.98 Å². The van der Waals surface area contributed by atoms with Crippen LogP contribution in [0.5, 0.6) is 11.5 Å². The third-order valence-corrected chi connectivity index (χ3v) is 5.57. The standard InChI is InChI=1S/C23H21BrN2O2.ClH/c1-27-21-13-15(18(24)14-22(21)28-2)11-12-25-23-16-7-3-5-9-19(16)26-20-10-6-4-8-17(20)23;/h3-10,13-14H,11-12H2,1-2H3,(H,25,26);1H. The number of hydrogen-bond donors (Lipinski definition) is 1. The summed E-state index contributed by atoms with van der Waals surface area (Å²) in [6.07, 6.45) is 0.839. The first-order valence-electron chi connectivity index (χ1n) is 9.13. The van der Waals surface area contributed by atoms with E-state index in [-0.39, 0.29) is 12.4 Å². The second-order valence-corrected chi connectivity index (χ2v) is 7.35. The largest absolute Gasteiger partial charge is 0.493 e. The summed E-state index contributed by atoms with van der Waals surface area (Å²) in [6.45, 7) is 0.784. The van der Waals surface area contributed by atoms with E-state index < -0.39 is 0 Å². The lowest BCUT2D eigenvalue weighted by Crippen LogP contribution is -2.07. The zero-order valence-electron chi connectivity index (χ0n) is 16.2. The van der Waals surface area contributed by atoms with Crippen molar-refractivity contribution in [2.45, 2.75) is 6.42 Å². The number of rotatable bonds is 6. The van der Waals surface area contributed by atoms with Crippen molar-refractivity contribution < 1.29 is 9.47 Å². The third-order valence-electron chi connectivity index (χ3n) is 4.84. The Bertz CT molecular complexity index is 1100. The monoisotopic (exact) mass is 472 g/mol. The Morgan fingerprint density at radius 3 is 2.00 bits per heavy atom. The predicted molar refractivity (Wildman–Crippen MR) is 126 cm³/mol. The number of halogens is 2. The van der Waals surface area contributed by atoms with E-state index in [1.54, 1.807) is 14.2 Å². The van der Waals surface area contributed by atoms with Crippen LogP contribution in [0.1, 0.15) is 5.56 Å².